The van der Waals surface area contributed by atoms with Gasteiger partial charge in [-0.2, -0.15) is 0 Å². The summed E-state index contributed by atoms with van der Waals surface area (Å²) in [6, 6.07) is 0.601. The second-order valence-electron chi connectivity index (χ2n) is 5.98. The molecule has 3 fully saturated rings. The molecule has 0 aromatic carbocycles. The third-order valence-electron chi connectivity index (χ3n) is 4.66. The third-order valence-corrected chi connectivity index (χ3v) is 4.66. The van der Waals surface area contributed by atoms with Crippen LogP contribution in [0.25, 0.3) is 0 Å². The van der Waals surface area contributed by atoms with Crippen molar-refractivity contribution in [2.45, 2.75) is 69.1 Å². The minimum Gasteiger partial charge on any atom is -0.376 e. The Morgan fingerprint density at radius 3 is 2.82 bits per heavy atom. The van der Waals surface area contributed by atoms with Gasteiger partial charge in [-0.05, 0) is 45.1 Å². The summed E-state index contributed by atoms with van der Waals surface area (Å²) < 4.78 is 12.0. The summed E-state index contributed by atoms with van der Waals surface area (Å²) in [7, 11) is 0. The first kappa shape index (κ1) is 11.9. The average molecular weight is 239 g/mol. The quantitative estimate of drug-likeness (QED) is 0.819. The molecule has 3 heteroatoms. The van der Waals surface area contributed by atoms with Gasteiger partial charge in [0.1, 0.15) is 0 Å². The van der Waals surface area contributed by atoms with Crippen LogP contribution in [-0.2, 0) is 9.47 Å². The van der Waals surface area contributed by atoms with E-state index in [1.807, 2.05) is 0 Å². The van der Waals surface area contributed by atoms with E-state index in [4.69, 9.17) is 9.47 Å². The number of rotatable bonds is 3. The molecule has 1 spiro atoms. The van der Waals surface area contributed by atoms with Crippen molar-refractivity contribution in [3.63, 3.8) is 0 Å². The van der Waals surface area contributed by atoms with Gasteiger partial charge in [-0.1, -0.05) is 6.42 Å². The Hall–Kier alpha value is -0.120. The van der Waals surface area contributed by atoms with E-state index < -0.39 is 0 Å². The summed E-state index contributed by atoms with van der Waals surface area (Å²) in [6.45, 7) is 2.98. The first-order chi connectivity index (χ1) is 8.36. The molecule has 1 aliphatic carbocycles. The van der Waals surface area contributed by atoms with Crippen molar-refractivity contribution in [1.29, 1.82) is 0 Å². The maximum atomic E-state index is 6.11. The summed E-state index contributed by atoms with van der Waals surface area (Å²) in [5.41, 5.74) is 0.225. The molecule has 0 amide bonds. The molecule has 2 heterocycles. The Morgan fingerprint density at radius 1 is 1.18 bits per heavy atom. The molecule has 0 bridgehead atoms. The average Bonchev–Trinajstić information content (AvgIpc) is 2.36. The highest BCUT2D eigenvalue weighted by Crippen LogP contribution is 2.42. The van der Waals surface area contributed by atoms with Gasteiger partial charge in [0.05, 0.1) is 18.3 Å². The van der Waals surface area contributed by atoms with Crippen molar-refractivity contribution < 1.29 is 9.47 Å². The van der Waals surface area contributed by atoms with Crippen LogP contribution in [0.15, 0.2) is 0 Å². The summed E-state index contributed by atoms with van der Waals surface area (Å²) in [5.74, 6) is 0. The molecule has 3 aliphatic rings. The lowest BCUT2D eigenvalue weighted by Gasteiger charge is -2.47. The van der Waals surface area contributed by atoms with Gasteiger partial charge in [0, 0.05) is 19.1 Å². The van der Waals surface area contributed by atoms with Gasteiger partial charge >= 0.3 is 0 Å². The summed E-state index contributed by atoms with van der Waals surface area (Å²) in [4.78, 5) is 0. The van der Waals surface area contributed by atoms with Gasteiger partial charge < -0.3 is 14.8 Å². The molecule has 3 rings (SSSR count). The lowest BCUT2D eigenvalue weighted by Crippen LogP contribution is -2.48. The SMILES string of the molecule is C1CCC(COC2CCOC3(CCC3)C2)NC1. The predicted octanol–water partition coefficient (Wildman–Crippen LogP) is 2.25. The number of hydrogen-bond donors (Lipinski definition) is 1. The van der Waals surface area contributed by atoms with Crippen LogP contribution < -0.4 is 5.32 Å². The van der Waals surface area contributed by atoms with Gasteiger partial charge in [-0.3, -0.25) is 0 Å². The molecule has 2 aliphatic heterocycles. The maximum Gasteiger partial charge on any atom is 0.0707 e. The summed E-state index contributed by atoms with van der Waals surface area (Å²) in [6.07, 6.45) is 10.5. The van der Waals surface area contributed by atoms with Crippen molar-refractivity contribution in [1.82, 2.24) is 5.32 Å². The Kier molecular flexibility index (Phi) is 3.69. The van der Waals surface area contributed by atoms with Crippen molar-refractivity contribution in [3.8, 4) is 0 Å². The first-order valence-corrected chi connectivity index (χ1v) is 7.35. The fraction of sp³-hybridized carbons (Fsp3) is 1.00. The zero-order valence-corrected chi connectivity index (χ0v) is 10.7. The monoisotopic (exact) mass is 239 g/mol. The zero-order chi connectivity index (χ0) is 11.6. The summed E-state index contributed by atoms with van der Waals surface area (Å²) in [5, 5.41) is 3.55. The first-order valence-electron chi connectivity index (χ1n) is 7.35. The molecule has 0 aromatic rings. The molecule has 3 nitrogen and oxygen atoms in total. The highest BCUT2D eigenvalue weighted by molar-refractivity contribution is 4.94. The van der Waals surface area contributed by atoms with Crippen LogP contribution in [0.5, 0.6) is 0 Å². The highest BCUT2D eigenvalue weighted by atomic mass is 16.5. The van der Waals surface area contributed by atoms with E-state index in [1.165, 1.54) is 45.1 Å². The Balaban J connectivity index is 1.41. The third kappa shape index (κ3) is 2.83. The molecular weight excluding hydrogens is 214 g/mol. The van der Waals surface area contributed by atoms with E-state index in [-0.39, 0.29) is 5.60 Å². The second-order valence-corrected chi connectivity index (χ2v) is 5.98. The standard InChI is InChI=1S/C14H25NO2/c1-2-8-15-12(4-1)11-16-13-5-9-17-14(10-13)6-3-7-14/h12-13,15H,1-11H2. The van der Waals surface area contributed by atoms with Gasteiger partial charge in [0.25, 0.3) is 0 Å². The lowest BCUT2D eigenvalue weighted by molar-refractivity contribution is -0.170. The van der Waals surface area contributed by atoms with Gasteiger partial charge in [0.15, 0.2) is 0 Å². The van der Waals surface area contributed by atoms with Crippen LogP contribution in [-0.4, -0.2) is 37.5 Å². The largest absolute Gasteiger partial charge is 0.376 e. The number of piperidine rings is 1. The number of ether oxygens (including phenoxy) is 2. The fourth-order valence-electron chi connectivity index (χ4n) is 3.36. The molecule has 98 valence electrons. The molecule has 2 atom stereocenters. The van der Waals surface area contributed by atoms with Crippen molar-refractivity contribution in [3.05, 3.63) is 0 Å². The van der Waals surface area contributed by atoms with Crippen LogP contribution in [0, 0.1) is 0 Å². The molecular formula is C14H25NO2. The smallest absolute Gasteiger partial charge is 0.0707 e. The zero-order valence-electron chi connectivity index (χ0n) is 10.7. The molecule has 0 radical (unpaired) electrons. The number of nitrogens with one attached hydrogen (secondary N) is 1. The minimum atomic E-state index is 0.225. The van der Waals surface area contributed by atoms with Crippen LogP contribution in [0.3, 0.4) is 0 Å². The van der Waals surface area contributed by atoms with E-state index in [2.05, 4.69) is 5.32 Å². The second kappa shape index (κ2) is 5.25. The molecule has 1 N–H and O–H groups in total. The van der Waals surface area contributed by atoms with Crippen LogP contribution >= 0.6 is 0 Å². The van der Waals surface area contributed by atoms with E-state index >= 15 is 0 Å². The molecule has 2 unspecified atom stereocenters. The summed E-state index contributed by atoms with van der Waals surface area (Å²) >= 11 is 0. The van der Waals surface area contributed by atoms with Crippen molar-refractivity contribution >= 4 is 0 Å². The molecule has 1 saturated carbocycles. The van der Waals surface area contributed by atoms with Crippen molar-refractivity contribution in [2.24, 2.45) is 0 Å². The van der Waals surface area contributed by atoms with Gasteiger partial charge in [-0.25, -0.2) is 0 Å². The van der Waals surface area contributed by atoms with E-state index in [9.17, 15) is 0 Å². The predicted molar refractivity (Wildman–Crippen MR) is 67.1 cm³/mol. The lowest BCUT2D eigenvalue weighted by atomic mass is 9.74. The van der Waals surface area contributed by atoms with E-state index in [0.717, 1.165) is 26.1 Å². The van der Waals surface area contributed by atoms with Gasteiger partial charge in [-0.15, -0.1) is 0 Å². The van der Waals surface area contributed by atoms with Crippen molar-refractivity contribution in [2.75, 3.05) is 19.8 Å². The number of hydrogen-bond acceptors (Lipinski definition) is 3. The minimum absolute atomic E-state index is 0.225. The molecule has 17 heavy (non-hydrogen) atoms. The van der Waals surface area contributed by atoms with Crippen LogP contribution in [0.4, 0.5) is 0 Å². The Bertz CT molecular complexity index is 247. The maximum absolute atomic E-state index is 6.11. The molecule has 2 saturated heterocycles. The normalized spacial score (nSPS) is 36.7. The van der Waals surface area contributed by atoms with Gasteiger partial charge in [0.2, 0.25) is 0 Å². The fourth-order valence-corrected chi connectivity index (χ4v) is 3.36. The topological polar surface area (TPSA) is 30.5 Å². The highest BCUT2D eigenvalue weighted by Gasteiger charge is 2.42. The van der Waals surface area contributed by atoms with E-state index in [0.29, 0.717) is 12.1 Å². The van der Waals surface area contributed by atoms with Crippen LogP contribution in [0.2, 0.25) is 0 Å². The molecule has 0 aromatic heterocycles. The Labute approximate surface area is 104 Å². The van der Waals surface area contributed by atoms with E-state index in [1.54, 1.807) is 0 Å². The Morgan fingerprint density at radius 2 is 2.12 bits per heavy atom. The van der Waals surface area contributed by atoms with Crippen LogP contribution in [0.1, 0.15) is 51.4 Å².